The van der Waals surface area contributed by atoms with Crippen LogP contribution in [0.3, 0.4) is 0 Å². The highest BCUT2D eigenvalue weighted by molar-refractivity contribution is 8.26. The smallest absolute Gasteiger partial charge is 0.330 e. The molecule has 1 heterocycles. The molecule has 1 amide bonds. The zero-order valence-electron chi connectivity index (χ0n) is 16.9. The van der Waals surface area contributed by atoms with Gasteiger partial charge in [-0.15, -0.1) is 0 Å². The maximum Gasteiger partial charge on any atom is 0.330 e. The highest BCUT2D eigenvalue weighted by atomic mass is 32.2. The summed E-state index contributed by atoms with van der Waals surface area (Å²) in [5, 5.41) is 2.71. The quantitative estimate of drug-likeness (QED) is 0.225. The number of hydrogen-bond acceptors (Lipinski definition) is 5. The third-order valence-electron chi connectivity index (χ3n) is 4.32. The Balaban J connectivity index is 2.09. The van der Waals surface area contributed by atoms with Gasteiger partial charge >= 0.3 is 5.97 Å². The fourth-order valence-electron chi connectivity index (χ4n) is 2.81. The molecule has 0 saturated carbocycles. The molecule has 29 heavy (non-hydrogen) atoms. The van der Waals surface area contributed by atoms with Crippen molar-refractivity contribution in [2.45, 2.75) is 46.0 Å². The van der Waals surface area contributed by atoms with Crippen molar-refractivity contribution in [1.29, 1.82) is 0 Å². The minimum absolute atomic E-state index is 0.102. The number of unbranched alkanes of at least 4 members (excludes halogenated alkanes) is 3. The van der Waals surface area contributed by atoms with Crippen LogP contribution >= 0.6 is 24.0 Å². The van der Waals surface area contributed by atoms with Gasteiger partial charge < -0.3 is 10.1 Å². The Kier molecular flexibility index (Phi) is 9.88. The third-order valence-corrected chi connectivity index (χ3v) is 5.61. The average molecular weight is 430 g/mol. The maximum atomic E-state index is 12.2. The van der Waals surface area contributed by atoms with Crippen molar-refractivity contribution >= 4 is 52.3 Å². The van der Waals surface area contributed by atoms with E-state index < -0.39 is 0 Å². The fraction of sp³-hybridized carbons (Fsp3) is 0.348. The zero-order valence-corrected chi connectivity index (χ0v) is 18.5. The van der Waals surface area contributed by atoms with Crippen LogP contribution in [0, 0.1) is 0 Å². The van der Waals surface area contributed by atoms with Crippen molar-refractivity contribution in [3.63, 3.8) is 0 Å². The van der Waals surface area contributed by atoms with Gasteiger partial charge in [0.15, 0.2) is 0 Å². The average Bonchev–Trinajstić information content (AvgIpc) is 3.05. The van der Waals surface area contributed by atoms with E-state index >= 15 is 0 Å². The number of rotatable bonds is 10. The molecule has 0 atom stereocenters. The lowest BCUT2D eigenvalue weighted by atomic mass is 10.0. The molecule has 154 valence electrons. The minimum atomic E-state index is -0.346. The van der Waals surface area contributed by atoms with Gasteiger partial charge in [-0.1, -0.05) is 86.6 Å². The number of thioether (sulfide) groups is 1. The summed E-state index contributed by atoms with van der Waals surface area (Å²) in [4.78, 5) is 24.3. The molecule has 2 rings (SSSR count). The number of esters is 1. The van der Waals surface area contributed by atoms with E-state index in [-0.39, 0.29) is 11.9 Å². The second-order valence-corrected chi connectivity index (χ2v) is 8.28. The number of hydrogen-bond donors (Lipinski definition) is 1. The van der Waals surface area contributed by atoms with Gasteiger partial charge in [-0.3, -0.25) is 4.79 Å². The highest BCUT2D eigenvalue weighted by Gasteiger charge is 2.24. The minimum Gasteiger partial charge on any atom is -0.463 e. The first-order chi connectivity index (χ1) is 14.0. The van der Waals surface area contributed by atoms with E-state index in [0.29, 0.717) is 15.8 Å². The first-order valence-electron chi connectivity index (χ1n) is 9.92. The van der Waals surface area contributed by atoms with Crippen LogP contribution in [-0.4, -0.2) is 22.8 Å². The number of amides is 1. The number of carbonyl (C=O) groups excluding carboxylic acids is 2. The second-order valence-electron chi connectivity index (χ2n) is 6.59. The molecule has 0 radical (unpaired) electrons. The van der Waals surface area contributed by atoms with E-state index in [2.05, 4.69) is 12.2 Å². The predicted octanol–water partition coefficient (Wildman–Crippen LogP) is 5.65. The third kappa shape index (κ3) is 7.99. The molecule has 0 bridgehead atoms. The molecule has 1 aromatic carbocycles. The Bertz CT molecular complexity index is 823. The monoisotopic (exact) mass is 429 g/mol. The summed E-state index contributed by atoms with van der Waals surface area (Å²) in [7, 11) is 0. The molecule has 0 aliphatic carbocycles. The van der Waals surface area contributed by atoms with E-state index in [1.54, 1.807) is 13.0 Å². The van der Waals surface area contributed by atoms with Crippen LogP contribution in [-0.2, 0) is 14.3 Å². The maximum absolute atomic E-state index is 12.2. The number of nitrogens with one attached hydrogen (secondary N) is 1. The SMILES string of the molecule is CCCCCCC(C=Cc1ccc(C=CC(=O)OCC)cc1)=C1SC(=S)NC1=O. The first kappa shape index (κ1) is 23.1. The molecule has 1 fully saturated rings. The summed E-state index contributed by atoms with van der Waals surface area (Å²) >= 11 is 6.47. The van der Waals surface area contributed by atoms with Crippen LogP contribution in [0.15, 0.2) is 46.9 Å². The van der Waals surface area contributed by atoms with E-state index in [1.807, 2.05) is 36.4 Å². The van der Waals surface area contributed by atoms with Crippen molar-refractivity contribution in [2.75, 3.05) is 6.61 Å². The Morgan fingerprint density at radius 3 is 2.28 bits per heavy atom. The lowest BCUT2D eigenvalue weighted by Crippen LogP contribution is -2.18. The van der Waals surface area contributed by atoms with Gasteiger partial charge in [0.2, 0.25) is 0 Å². The molecule has 4 nitrogen and oxygen atoms in total. The van der Waals surface area contributed by atoms with E-state index in [4.69, 9.17) is 17.0 Å². The van der Waals surface area contributed by atoms with Crippen molar-refractivity contribution in [3.05, 3.63) is 58.0 Å². The Hall–Kier alpha value is -2.18. The summed E-state index contributed by atoms with van der Waals surface area (Å²) in [5.41, 5.74) is 2.97. The molecule has 1 N–H and O–H groups in total. The number of benzene rings is 1. The van der Waals surface area contributed by atoms with Gasteiger partial charge in [0.1, 0.15) is 4.32 Å². The fourth-order valence-corrected chi connectivity index (χ4v) is 3.93. The zero-order chi connectivity index (χ0) is 21.1. The van der Waals surface area contributed by atoms with Crippen LogP contribution in [0.25, 0.3) is 12.2 Å². The topological polar surface area (TPSA) is 55.4 Å². The van der Waals surface area contributed by atoms with Crippen molar-refractivity contribution in [3.8, 4) is 0 Å². The van der Waals surface area contributed by atoms with E-state index in [0.717, 1.165) is 36.0 Å². The highest BCUT2D eigenvalue weighted by Crippen LogP contribution is 2.30. The molecule has 1 aliphatic rings. The Morgan fingerprint density at radius 1 is 1.07 bits per heavy atom. The van der Waals surface area contributed by atoms with Crippen LogP contribution in [0.4, 0.5) is 0 Å². The number of allylic oxidation sites excluding steroid dienone is 2. The van der Waals surface area contributed by atoms with Crippen molar-refractivity contribution in [2.24, 2.45) is 0 Å². The van der Waals surface area contributed by atoms with Gasteiger partial charge in [-0.2, -0.15) is 0 Å². The van der Waals surface area contributed by atoms with Crippen molar-refractivity contribution < 1.29 is 14.3 Å². The van der Waals surface area contributed by atoms with Crippen LogP contribution < -0.4 is 5.32 Å². The Labute approximate surface area is 182 Å². The van der Waals surface area contributed by atoms with Crippen LogP contribution in [0.1, 0.15) is 57.1 Å². The van der Waals surface area contributed by atoms with Gasteiger partial charge in [0.25, 0.3) is 5.91 Å². The number of carbonyl (C=O) groups is 2. The van der Waals surface area contributed by atoms with Gasteiger partial charge in [-0.25, -0.2) is 4.79 Å². The first-order valence-corrected chi connectivity index (χ1v) is 11.1. The standard InChI is InChI=1S/C23H27NO3S2/c1-3-5-6-7-8-19(21-22(26)24-23(28)29-21)15-13-17-9-11-18(12-10-17)14-16-20(25)27-4-2/h9-16H,3-8H2,1-2H3,(H,24,26,28). The summed E-state index contributed by atoms with van der Waals surface area (Å²) in [6, 6.07) is 7.84. The van der Waals surface area contributed by atoms with E-state index in [1.165, 1.54) is 30.7 Å². The lowest BCUT2D eigenvalue weighted by molar-refractivity contribution is -0.137. The largest absolute Gasteiger partial charge is 0.463 e. The summed E-state index contributed by atoms with van der Waals surface area (Å²) in [6.07, 6.45) is 12.6. The molecule has 1 aromatic rings. The number of thiocarbonyl (C=S) groups is 1. The molecule has 6 heteroatoms. The molecule has 0 unspecified atom stereocenters. The van der Waals surface area contributed by atoms with Gasteiger partial charge in [0, 0.05) is 6.08 Å². The lowest BCUT2D eigenvalue weighted by Gasteiger charge is -2.05. The molecule has 0 aromatic heterocycles. The molecule has 1 saturated heterocycles. The normalized spacial score (nSPS) is 15.9. The second kappa shape index (κ2) is 12.4. The molecule has 1 aliphatic heterocycles. The summed E-state index contributed by atoms with van der Waals surface area (Å²) < 4.78 is 5.39. The van der Waals surface area contributed by atoms with Crippen molar-refractivity contribution in [1.82, 2.24) is 5.32 Å². The van der Waals surface area contributed by atoms with E-state index in [9.17, 15) is 9.59 Å². The summed E-state index contributed by atoms with van der Waals surface area (Å²) in [5.74, 6) is -0.448. The van der Waals surface area contributed by atoms with Gasteiger partial charge in [0.05, 0.1) is 11.5 Å². The summed E-state index contributed by atoms with van der Waals surface area (Å²) in [6.45, 7) is 4.33. The molecule has 0 spiro atoms. The predicted molar refractivity (Wildman–Crippen MR) is 125 cm³/mol. The Morgan fingerprint density at radius 2 is 1.72 bits per heavy atom. The number of ether oxygens (including phenoxy) is 1. The molecular weight excluding hydrogens is 402 g/mol. The van der Waals surface area contributed by atoms with Crippen LogP contribution in [0.5, 0.6) is 0 Å². The van der Waals surface area contributed by atoms with Crippen LogP contribution in [0.2, 0.25) is 0 Å². The van der Waals surface area contributed by atoms with Gasteiger partial charge in [-0.05, 0) is 42.5 Å². The molecular formula is C23H27NO3S2.